The summed E-state index contributed by atoms with van der Waals surface area (Å²) in [7, 11) is 0. The van der Waals surface area contributed by atoms with E-state index in [2.05, 4.69) is 10.2 Å². The maximum Gasteiger partial charge on any atom is 0.225 e. The average Bonchev–Trinajstić information content (AvgIpc) is 2.91. The first kappa shape index (κ1) is 14.0. The quantitative estimate of drug-likeness (QED) is 0.905. The highest BCUT2D eigenvalue weighted by molar-refractivity contribution is 6.02. The standard InChI is InChI=1S/C17H20N2O2/c20-14-8-10-19(12-14)11-9-17(21)18-16-7-3-5-13-4-1-2-6-15(13)16/h1-7,14,20H,8-12H2,(H,18,21)/t14-/m0/s1. The highest BCUT2D eigenvalue weighted by Gasteiger charge is 2.20. The normalized spacial score (nSPS) is 19.0. The molecule has 21 heavy (non-hydrogen) atoms. The van der Waals surface area contributed by atoms with Crippen LogP contribution in [0.15, 0.2) is 42.5 Å². The summed E-state index contributed by atoms with van der Waals surface area (Å²) in [5, 5.41) is 14.7. The molecule has 110 valence electrons. The number of β-amino-alcohol motifs (C(OH)–C–C–N with tert-alkyl or cyclic N) is 1. The van der Waals surface area contributed by atoms with Crippen LogP contribution in [0.5, 0.6) is 0 Å². The fraction of sp³-hybridized carbons (Fsp3) is 0.353. The molecule has 0 aliphatic carbocycles. The van der Waals surface area contributed by atoms with Gasteiger partial charge in [0.15, 0.2) is 0 Å². The Bertz CT molecular complexity index is 636. The molecule has 2 aromatic carbocycles. The number of carbonyl (C=O) groups is 1. The van der Waals surface area contributed by atoms with Gasteiger partial charge in [0, 0.05) is 37.1 Å². The third-order valence-electron chi connectivity index (χ3n) is 3.97. The summed E-state index contributed by atoms with van der Waals surface area (Å²) in [6.45, 7) is 2.26. The van der Waals surface area contributed by atoms with Crippen LogP contribution in [0.4, 0.5) is 5.69 Å². The van der Waals surface area contributed by atoms with Gasteiger partial charge in [0.1, 0.15) is 0 Å². The first-order chi connectivity index (χ1) is 10.2. The van der Waals surface area contributed by atoms with Crippen LogP contribution in [-0.2, 0) is 4.79 Å². The zero-order chi connectivity index (χ0) is 14.7. The summed E-state index contributed by atoms with van der Waals surface area (Å²) in [4.78, 5) is 14.2. The van der Waals surface area contributed by atoms with Crippen molar-refractivity contribution in [2.24, 2.45) is 0 Å². The number of rotatable bonds is 4. The molecule has 3 rings (SSSR count). The fourth-order valence-electron chi connectivity index (χ4n) is 2.82. The lowest BCUT2D eigenvalue weighted by Crippen LogP contribution is -2.26. The Morgan fingerprint density at radius 3 is 2.86 bits per heavy atom. The number of amides is 1. The second kappa shape index (κ2) is 6.24. The molecule has 0 bridgehead atoms. The predicted molar refractivity (Wildman–Crippen MR) is 84.3 cm³/mol. The van der Waals surface area contributed by atoms with Crippen molar-refractivity contribution < 1.29 is 9.90 Å². The Kier molecular flexibility index (Phi) is 4.18. The molecule has 0 radical (unpaired) electrons. The number of nitrogens with zero attached hydrogens (tertiary/aromatic N) is 1. The molecule has 1 fully saturated rings. The number of aliphatic hydroxyl groups excluding tert-OH is 1. The van der Waals surface area contributed by atoms with Gasteiger partial charge in [0.25, 0.3) is 0 Å². The molecular weight excluding hydrogens is 264 g/mol. The highest BCUT2D eigenvalue weighted by Crippen LogP contribution is 2.23. The number of hydrogen-bond acceptors (Lipinski definition) is 3. The molecule has 1 heterocycles. The first-order valence-corrected chi connectivity index (χ1v) is 7.40. The summed E-state index contributed by atoms with van der Waals surface area (Å²) in [6.07, 6.45) is 1.03. The zero-order valence-electron chi connectivity index (χ0n) is 12.0. The summed E-state index contributed by atoms with van der Waals surface area (Å²) in [5.74, 6) is 0.0211. The van der Waals surface area contributed by atoms with E-state index >= 15 is 0 Å². The Labute approximate surface area is 124 Å². The molecule has 1 saturated heterocycles. The highest BCUT2D eigenvalue weighted by atomic mass is 16.3. The molecule has 0 unspecified atom stereocenters. The lowest BCUT2D eigenvalue weighted by molar-refractivity contribution is -0.116. The van der Waals surface area contributed by atoms with Crippen molar-refractivity contribution in [2.75, 3.05) is 25.0 Å². The van der Waals surface area contributed by atoms with Crippen molar-refractivity contribution in [1.29, 1.82) is 0 Å². The number of aliphatic hydroxyl groups is 1. The Morgan fingerprint density at radius 1 is 1.24 bits per heavy atom. The van der Waals surface area contributed by atoms with Gasteiger partial charge in [-0.25, -0.2) is 0 Å². The predicted octanol–water partition coefficient (Wildman–Crippen LogP) is 2.23. The lowest BCUT2D eigenvalue weighted by atomic mass is 10.1. The van der Waals surface area contributed by atoms with Gasteiger partial charge in [-0.15, -0.1) is 0 Å². The van der Waals surface area contributed by atoms with Gasteiger partial charge < -0.3 is 15.3 Å². The number of carbonyl (C=O) groups excluding carboxylic acids is 1. The molecule has 2 aromatic rings. The van der Waals surface area contributed by atoms with Crippen molar-refractivity contribution in [3.05, 3.63) is 42.5 Å². The topological polar surface area (TPSA) is 52.6 Å². The van der Waals surface area contributed by atoms with E-state index < -0.39 is 0 Å². The van der Waals surface area contributed by atoms with E-state index in [4.69, 9.17) is 0 Å². The molecule has 0 spiro atoms. The molecule has 0 saturated carbocycles. The van der Waals surface area contributed by atoms with Crippen molar-refractivity contribution in [2.45, 2.75) is 18.9 Å². The minimum atomic E-state index is -0.230. The van der Waals surface area contributed by atoms with Gasteiger partial charge in [-0.05, 0) is 17.9 Å². The van der Waals surface area contributed by atoms with Crippen molar-refractivity contribution in [3.8, 4) is 0 Å². The SMILES string of the molecule is O=C(CCN1CC[C@H](O)C1)Nc1cccc2ccccc12. The average molecular weight is 284 g/mol. The molecular formula is C17H20N2O2. The monoisotopic (exact) mass is 284 g/mol. The largest absolute Gasteiger partial charge is 0.392 e. The van der Waals surface area contributed by atoms with Crippen LogP contribution in [0, 0.1) is 0 Å². The van der Waals surface area contributed by atoms with Crippen LogP contribution < -0.4 is 5.32 Å². The van der Waals surface area contributed by atoms with E-state index in [-0.39, 0.29) is 12.0 Å². The molecule has 0 aromatic heterocycles. The minimum Gasteiger partial charge on any atom is -0.392 e. The summed E-state index contributed by atoms with van der Waals surface area (Å²) in [5.41, 5.74) is 0.861. The maximum atomic E-state index is 12.1. The minimum absolute atomic E-state index is 0.0211. The second-order valence-electron chi connectivity index (χ2n) is 5.57. The van der Waals surface area contributed by atoms with Crippen LogP contribution in [0.25, 0.3) is 10.8 Å². The van der Waals surface area contributed by atoms with Crippen LogP contribution in [0.1, 0.15) is 12.8 Å². The molecule has 4 heteroatoms. The summed E-state index contributed by atoms with van der Waals surface area (Å²) in [6, 6.07) is 13.9. The lowest BCUT2D eigenvalue weighted by Gasteiger charge is -2.14. The molecule has 1 atom stereocenters. The Hall–Kier alpha value is -1.91. The summed E-state index contributed by atoms with van der Waals surface area (Å²) >= 11 is 0. The molecule has 1 amide bonds. The molecule has 1 aliphatic heterocycles. The number of fused-ring (bicyclic) bond motifs is 1. The van der Waals surface area contributed by atoms with E-state index in [1.807, 2.05) is 42.5 Å². The Balaban J connectivity index is 1.61. The molecule has 2 N–H and O–H groups in total. The van der Waals surface area contributed by atoms with E-state index in [9.17, 15) is 9.90 Å². The Morgan fingerprint density at radius 2 is 2.05 bits per heavy atom. The van der Waals surface area contributed by atoms with Crippen LogP contribution in [0.3, 0.4) is 0 Å². The molecule has 4 nitrogen and oxygen atoms in total. The summed E-state index contributed by atoms with van der Waals surface area (Å²) < 4.78 is 0. The smallest absolute Gasteiger partial charge is 0.225 e. The van der Waals surface area contributed by atoms with Gasteiger partial charge in [-0.3, -0.25) is 4.79 Å². The number of hydrogen-bond donors (Lipinski definition) is 2. The van der Waals surface area contributed by atoms with Gasteiger partial charge >= 0.3 is 0 Å². The third kappa shape index (κ3) is 3.40. The number of likely N-dealkylation sites (tertiary alicyclic amines) is 1. The zero-order valence-corrected chi connectivity index (χ0v) is 12.0. The third-order valence-corrected chi connectivity index (χ3v) is 3.97. The van der Waals surface area contributed by atoms with E-state index in [1.165, 1.54) is 0 Å². The van der Waals surface area contributed by atoms with Gasteiger partial charge in [0.2, 0.25) is 5.91 Å². The van der Waals surface area contributed by atoms with Crippen LogP contribution in [-0.4, -0.2) is 41.7 Å². The van der Waals surface area contributed by atoms with Gasteiger partial charge in [-0.2, -0.15) is 0 Å². The number of benzene rings is 2. The van der Waals surface area contributed by atoms with E-state index in [1.54, 1.807) is 0 Å². The first-order valence-electron chi connectivity index (χ1n) is 7.40. The van der Waals surface area contributed by atoms with Crippen molar-refractivity contribution >= 4 is 22.4 Å². The van der Waals surface area contributed by atoms with Gasteiger partial charge in [-0.1, -0.05) is 36.4 Å². The van der Waals surface area contributed by atoms with Gasteiger partial charge in [0.05, 0.1) is 6.10 Å². The number of nitrogens with one attached hydrogen (secondary N) is 1. The van der Waals surface area contributed by atoms with Crippen LogP contribution >= 0.6 is 0 Å². The molecule has 1 aliphatic rings. The maximum absolute atomic E-state index is 12.1. The van der Waals surface area contributed by atoms with Crippen LogP contribution in [0.2, 0.25) is 0 Å². The fourth-order valence-corrected chi connectivity index (χ4v) is 2.82. The van der Waals surface area contributed by atoms with Crippen molar-refractivity contribution in [3.63, 3.8) is 0 Å². The van der Waals surface area contributed by atoms with Crippen molar-refractivity contribution in [1.82, 2.24) is 4.90 Å². The number of anilines is 1. The van der Waals surface area contributed by atoms with E-state index in [0.29, 0.717) is 19.5 Å². The van der Waals surface area contributed by atoms with E-state index in [0.717, 1.165) is 29.4 Å². The second-order valence-corrected chi connectivity index (χ2v) is 5.57.